The summed E-state index contributed by atoms with van der Waals surface area (Å²) in [6.45, 7) is 8.15. The quantitative estimate of drug-likeness (QED) is 0.364. The van der Waals surface area contributed by atoms with Gasteiger partial charge in [-0.2, -0.15) is 0 Å². The van der Waals surface area contributed by atoms with Gasteiger partial charge in [0.05, 0.1) is 0 Å². The number of rotatable bonds is 10. The Morgan fingerprint density at radius 3 is 1.85 bits per heavy atom. The highest BCUT2D eigenvalue weighted by atomic mass is 32.2. The zero-order chi connectivity index (χ0) is 14.8. The average molecular weight is 313 g/mol. The molecule has 0 aromatic heterocycles. The third-order valence-corrected chi connectivity index (χ3v) is 7.00. The van der Waals surface area contributed by atoms with Gasteiger partial charge in [0, 0.05) is 18.1 Å². The molecule has 0 aliphatic heterocycles. The Hall–Kier alpha value is -0.293. The van der Waals surface area contributed by atoms with Crippen molar-refractivity contribution in [1.82, 2.24) is 0 Å². The van der Waals surface area contributed by atoms with Crippen LogP contribution in [-0.2, 0) is 8.85 Å². The van der Waals surface area contributed by atoms with Crippen LogP contribution in [0.1, 0.15) is 39.5 Å². The van der Waals surface area contributed by atoms with E-state index in [1.165, 1.54) is 10.1 Å². The molecule has 0 aliphatic rings. The molecular formula is C16H28O2SSi. The Morgan fingerprint density at radius 1 is 0.950 bits per heavy atom. The van der Waals surface area contributed by atoms with Gasteiger partial charge in [0.2, 0.25) is 0 Å². The van der Waals surface area contributed by atoms with Crippen LogP contribution in [0.15, 0.2) is 29.2 Å². The standard InChI is InChI=1S/C16H28O2SSi/c1-5-7-13-17-20(4,18-14-8-6-2)16-11-9-15(19-3)10-12-16/h9-12H,5-8,13-14H2,1-4H3. The molecule has 0 N–H and O–H groups in total. The second kappa shape index (κ2) is 9.61. The molecule has 0 amide bonds. The van der Waals surface area contributed by atoms with Crippen molar-refractivity contribution in [3.05, 3.63) is 24.3 Å². The molecule has 0 saturated heterocycles. The predicted molar refractivity (Wildman–Crippen MR) is 91.2 cm³/mol. The number of benzene rings is 1. The smallest absolute Gasteiger partial charge is 0.369 e. The van der Waals surface area contributed by atoms with Crippen LogP contribution in [0.25, 0.3) is 0 Å². The van der Waals surface area contributed by atoms with E-state index in [4.69, 9.17) is 8.85 Å². The summed E-state index contributed by atoms with van der Waals surface area (Å²) >= 11 is 1.76. The fourth-order valence-corrected chi connectivity index (χ4v) is 4.59. The molecule has 4 heteroatoms. The minimum atomic E-state index is -2.24. The van der Waals surface area contributed by atoms with Crippen molar-refractivity contribution in [3.8, 4) is 0 Å². The Balaban J connectivity index is 2.77. The second-order valence-corrected chi connectivity index (χ2v) is 9.00. The normalized spacial score (nSPS) is 11.8. The van der Waals surface area contributed by atoms with E-state index in [9.17, 15) is 0 Å². The van der Waals surface area contributed by atoms with Crippen molar-refractivity contribution in [3.63, 3.8) is 0 Å². The molecule has 1 aromatic rings. The van der Waals surface area contributed by atoms with E-state index in [0.29, 0.717) is 0 Å². The van der Waals surface area contributed by atoms with Crippen molar-refractivity contribution >= 4 is 25.5 Å². The summed E-state index contributed by atoms with van der Waals surface area (Å²) in [6, 6.07) is 8.68. The molecule has 0 unspecified atom stereocenters. The third kappa shape index (κ3) is 5.60. The molecule has 0 radical (unpaired) electrons. The van der Waals surface area contributed by atoms with Crippen molar-refractivity contribution < 1.29 is 8.85 Å². The van der Waals surface area contributed by atoms with E-state index in [2.05, 4.69) is 50.9 Å². The summed E-state index contributed by atoms with van der Waals surface area (Å²) in [5.41, 5.74) is 0. The van der Waals surface area contributed by atoms with Crippen LogP contribution in [0.3, 0.4) is 0 Å². The van der Waals surface area contributed by atoms with Gasteiger partial charge in [-0.1, -0.05) is 38.8 Å². The van der Waals surface area contributed by atoms with Crippen molar-refractivity contribution in [2.75, 3.05) is 19.5 Å². The first-order valence-corrected chi connectivity index (χ1v) is 11.1. The first-order chi connectivity index (χ1) is 9.66. The number of hydrogen-bond donors (Lipinski definition) is 0. The lowest BCUT2D eigenvalue weighted by Crippen LogP contribution is -2.51. The van der Waals surface area contributed by atoms with Crippen LogP contribution in [0.5, 0.6) is 0 Å². The van der Waals surface area contributed by atoms with Crippen LogP contribution in [0, 0.1) is 0 Å². The van der Waals surface area contributed by atoms with E-state index >= 15 is 0 Å². The molecule has 1 rings (SSSR count). The van der Waals surface area contributed by atoms with Crippen molar-refractivity contribution in [2.24, 2.45) is 0 Å². The van der Waals surface area contributed by atoms with E-state index < -0.39 is 8.56 Å². The minimum absolute atomic E-state index is 0.801. The topological polar surface area (TPSA) is 18.5 Å². The lowest BCUT2D eigenvalue weighted by atomic mass is 10.4. The van der Waals surface area contributed by atoms with Crippen LogP contribution >= 0.6 is 11.8 Å². The SMILES string of the molecule is CCCCO[Si](C)(OCCCC)c1ccc(SC)cc1. The summed E-state index contributed by atoms with van der Waals surface area (Å²) in [5.74, 6) is 0. The maximum Gasteiger partial charge on any atom is 0.369 e. The third-order valence-electron chi connectivity index (χ3n) is 3.37. The van der Waals surface area contributed by atoms with Crippen LogP contribution in [0.4, 0.5) is 0 Å². The number of unbranched alkanes of at least 4 members (excludes halogenated alkanes) is 2. The maximum atomic E-state index is 6.19. The molecule has 0 saturated carbocycles. The van der Waals surface area contributed by atoms with Gasteiger partial charge in [0.1, 0.15) is 0 Å². The Kier molecular flexibility index (Phi) is 8.53. The minimum Gasteiger partial charge on any atom is -0.391 e. The molecular weight excluding hydrogens is 284 g/mol. The molecule has 0 atom stereocenters. The summed E-state index contributed by atoms with van der Waals surface area (Å²) in [6.07, 6.45) is 6.61. The molecule has 1 aromatic carbocycles. The van der Waals surface area contributed by atoms with Gasteiger partial charge in [-0.15, -0.1) is 11.8 Å². The molecule has 0 fully saturated rings. The fourth-order valence-electron chi connectivity index (χ4n) is 1.92. The highest BCUT2D eigenvalue weighted by molar-refractivity contribution is 7.98. The van der Waals surface area contributed by atoms with Crippen LogP contribution < -0.4 is 5.19 Å². The molecule has 114 valence electrons. The largest absolute Gasteiger partial charge is 0.391 e. The first-order valence-electron chi connectivity index (χ1n) is 7.58. The number of hydrogen-bond acceptors (Lipinski definition) is 3. The van der Waals surface area contributed by atoms with Gasteiger partial charge in [0.25, 0.3) is 0 Å². The Labute approximate surface area is 129 Å². The Bertz CT molecular complexity index is 357. The van der Waals surface area contributed by atoms with Gasteiger partial charge >= 0.3 is 8.56 Å². The van der Waals surface area contributed by atoms with Crippen molar-refractivity contribution in [2.45, 2.75) is 51.0 Å². The van der Waals surface area contributed by atoms with Gasteiger partial charge in [-0.3, -0.25) is 0 Å². The second-order valence-electron chi connectivity index (χ2n) is 5.08. The zero-order valence-corrected chi connectivity index (χ0v) is 15.1. The molecule has 0 aliphatic carbocycles. The lowest BCUT2D eigenvalue weighted by Gasteiger charge is -2.27. The van der Waals surface area contributed by atoms with Gasteiger partial charge in [0.15, 0.2) is 0 Å². The van der Waals surface area contributed by atoms with Gasteiger partial charge < -0.3 is 8.85 Å². The first kappa shape index (κ1) is 17.8. The summed E-state index contributed by atoms with van der Waals surface area (Å²) < 4.78 is 12.4. The van der Waals surface area contributed by atoms with Crippen LogP contribution in [0.2, 0.25) is 6.55 Å². The summed E-state index contributed by atoms with van der Waals surface area (Å²) in [5, 5.41) is 1.24. The van der Waals surface area contributed by atoms with Crippen LogP contribution in [-0.4, -0.2) is 28.0 Å². The van der Waals surface area contributed by atoms with Crippen molar-refractivity contribution in [1.29, 1.82) is 0 Å². The molecule has 0 bridgehead atoms. The highest BCUT2D eigenvalue weighted by Crippen LogP contribution is 2.15. The van der Waals surface area contributed by atoms with Gasteiger partial charge in [-0.25, -0.2) is 0 Å². The highest BCUT2D eigenvalue weighted by Gasteiger charge is 2.34. The summed E-state index contributed by atoms with van der Waals surface area (Å²) in [7, 11) is -2.24. The molecule has 2 nitrogen and oxygen atoms in total. The number of thioether (sulfide) groups is 1. The van der Waals surface area contributed by atoms with E-state index in [1.54, 1.807) is 11.8 Å². The molecule has 0 spiro atoms. The average Bonchev–Trinajstić information content (AvgIpc) is 2.48. The maximum absolute atomic E-state index is 6.19. The van der Waals surface area contributed by atoms with E-state index in [-0.39, 0.29) is 0 Å². The predicted octanol–water partition coefficient (Wildman–Crippen LogP) is 4.32. The van der Waals surface area contributed by atoms with E-state index in [1.807, 2.05) is 0 Å². The molecule has 20 heavy (non-hydrogen) atoms. The zero-order valence-electron chi connectivity index (χ0n) is 13.3. The van der Waals surface area contributed by atoms with E-state index in [0.717, 1.165) is 38.9 Å². The molecule has 0 heterocycles. The fraction of sp³-hybridized carbons (Fsp3) is 0.625. The Morgan fingerprint density at radius 2 is 1.45 bits per heavy atom. The van der Waals surface area contributed by atoms with Gasteiger partial charge in [-0.05, 0) is 43.0 Å². The lowest BCUT2D eigenvalue weighted by molar-refractivity contribution is 0.181. The summed E-state index contributed by atoms with van der Waals surface area (Å²) in [4.78, 5) is 1.28. The monoisotopic (exact) mass is 312 g/mol.